The molecule has 0 amide bonds. The van der Waals surface area contributed by atoms with E-state index in [9.17, 15) is 13.2 Å². The van der Waals surface area contributed by atoms with E-state index in [1.807, 2.05) is 13.8 Å². The van der Waals surface area contributed by atoms with Crippen molar-refractivity contribution in [2.45, 2.75) is 37.6 Å². The number of ether oxygens (including phenoxy) is 1. The molecule has 6 nitrogen and oxygen atoms in total. The zero-order chi connectivity index (χ0) is 16.0. The summed E-state index contributed by atoms with van der Waals surface area (Å²) in [6, 6.07) is 5.71. The van der Waals surface area contributed by atoms with Crippen molar-refractivity contribution >= 4 is 16.0 Å². The fourth-order valence-corrected chi connectivity index (χ4v) is 3.52. The van der Waals surface area contributed by atoms with E-state index in [1.165, 1.54) is 28.6 Å². The topological polar surface area (TPSA) is 83.9 Å². The van der Waals surface area contributed by atoms with Crippen LogP contribution in [0.1, 0.15) is 26.7 Å². The molecule has 0 atom stereocenters. The van der Waals surface area contributed by atoms with Crippen molar-refractivity contribution in [1.82, 2.24) is 4.31 Å². The lowest BCUT2D eigenvalue weighted by atomic mass is 10.2. The van der Waals surface area contributed by atoms with Gasteiger partial charge in [0.15, 0.2) is 6.61 Å². The van der Waals surface area contributed by atoms with Crippen LogP contribution < -0.4 is 4.74 Å². The van der Waals surface area contributed by atoms with Crippen LogP contribution in [0.3, 0.4) is 0 Å². The Balaban J connectivity index is 2.91. The number of hydrogen-bond acceptors (Lipinski definition) is 4. The highest BCUT2D eigenvalue weighted by atomic mass is 32.2. The summed E-state index contributed by atoms with van der Waals surface area (Å²) in [6.45, 7) is 3.44. The number of nitrogens with zero attached hydrogens (tertiary/aromatic N) is 1. The van der Waals surface area contributed by atoms with Crippen LogP contribution in [0.15, 0.2) is 29.2 Å². The summed E-state index contributed by atoms with van der Waals surface area (Å²) in [5.74, 6) is -0.762. The highest BCUT2D eigenvalue weighted by Crippen LogP contribution is 2.22. The summed E-state index contributed by atoms with van der Waals surface area (Å²) < 4.78 is 31.3. The summed E-state index contributed by atoms with van der Waals surface area (Å²) in [6.07, 6.45) is 1.48. The number of carbonyl (C=O) groups is 1. The molecular weight excluding hydrogens is 294 g/mol. The number of hydrogen-bond donors (Lipinski definition) is 1. The average Bonchev–Trinajstić information content (AvgIpc) is 2.46. The molecule has 0 bridgehead atoms. The lowest BCUT2D eigenvalue weighted by molar-refractivity contribution is -0.139. The molecule has 1 N–H and O–H groups in total. The van der Waals surface area contributed by atoms with Gasteiger partial charge < -0.3 is 9.84 Å². The van der Waals surface area contributed by atoms with Gasteiger partial charge in [0, 0.05) is 13.1 Å². The molecule has 0 aliphatic rings. The van der Waals surface area contributed by atoms with E-state index in [2.05, 4.69) is 0 Å². The van der Waals surface area contributed by atoms with Gasteiger partial charge in [0.25, 0.3) is 0 Å². The minimum Gasteiger partial charge on any atom is -0.482 e. The maximum absolute atomic E-state index is 12.5. The quantitative estimate of drug-likeness (QED) is 0.793. The SMILES string of the molecule is CCC(CC)N(C)S(=O)(=O)c1ccc(OCC(=O)O)cc1. The fourth-order valence-electron chi connectivity index (χ4n) is 2.02. The average molecular weight is 315 g/mol. The van der Waals surface area contributed by atoms with Crippen molar-refractivity contribution in [3.8, 4) is 5.75 Å². The van der Waals surface area contributed by atoms with E-state index in [0.29, 0.717) is 5.75 Å². The van der Waals surface area contributed by atoms with Crippen LogP contribution in [0.25, 0.3) is 0 Å². The van der Waals surface area contributed by atoms with Crippen molar-refractivity contribution in [2.75, 3.05) is 13.7 Å². The van der Waals surface area contributed by atoms with Crippen LogP contribution in [0.5, 0.6) is 5.75 Å². The maximum Gasteiger partial charge on any atom is 0.341 e. The number of benzene rings is 1. The molecule has 0 radical (unpaired) electrons. The number of carboxylic acid groups (broad SMARTS) is 1. The van der Waals surface area contributed by atoms with E-state index in [1.54, 1.807) is 7.05 Å². The highest BCUT2D eigenvalue weighted by molar-refractivity contribution is 7.89. The van der Waals surface area contributed by atoms with Gasteiger partial charge in [-0.1, -0.05) is 13.8 Å². The van der Waals surface area contributed by atoms with Gasteiger partial charge in [-0.25, -0.2) is 13.2 Å². The highest BCUT2D eigenvalue weighted by Gasteiger charge is 2.25. The normalized spacial score (nSPS) is 11.9. The zero-order valence-electron chi connectivity index (χ0n) is 12.4. The smallest absolute Gasteiger partial charge is 0.341 e. The molecule has 0 aromatic heterocycles. The lowest BCUT2D eigenvalue weighted by Crippen LogP contribution is -2.36. The van der Waals surface area contributed by atoms with E-state index in [4.69, 9.17) is 9.84 Å². The summed E-state index contributed by atoms with van der Waals surface area (Å²) in [7, 11) is -1.98. The van der Waals surface area contributed by atoms with Crippen molar-refractivity contribution in [2.24, 2.45) is 0 Å². The van der Waals surface area contributed by atoms with E-state index in [0.717, 1.165) is 12.8 Å². The van der Waals surface area contributed by atoms with Crippen LogP contribution in [-0.2, 0) is 14.8 Å². The molecule has 0 aliphatic carbocycles. The Morgan fingerprint density at radius 1 is 1.24 bits per heavy atom. The molecule has 0 unspecified atom stereocenters. The summed E-state index contributed by atoms with van der Waals surface area (Å²) in [5, 5.41) is 8.52. The third kappa shape index (κ3) is 4.44. The van der Waals surface area contributed by atoms with Gasteiger partial charge in [0.2, 0.25) is 10.0 Å². The molecule has 1 aromatic carbocycles. The maximum atomic E-state index is 12.5. The minimum atomic E-state index is -3.55. The number of rotatable bonds is 8. The van der Waals surface area contributed by atoms with Gasteiger partial charge in [-0.15, -0.1) is 0 Å². The van der Waals surface area contributed by atoms with Crippen molar-refractivity contribution in [1.29, 1.82) is 0 Å². The molecule has 1 rings (SSSR count). The van der Waals surface area contributed by atoms with Gasteiger partial charge in [-0.3, -0.25) is 0 Å². The Bertz CT molecular complexity index is 564. The Hall–Kier alpha value is -1.60. The summed E-state index contributed by atoms with van der Waals surface area (Å²) in [5.41, 5.74) is 0. The van der Waals surface area contributed by atoms with Crippen LogP contribution in [-0.4, -0.2) is 43.5 Å². The molecule has 0 heterocycles. The summed E-state index contributed by atoms with van der Waals surface area (Å²) in [4.78, 5) is 10.6. The Morgan fingerprint density at radius 3 is 2.19 bits per heavy atom. The van der Waals surface area contributed by atoms with Crippen molar-refractivity contribution in [3.63, 3.8) is 0 Å². The number of aliphatic carboxylic acids is 1. The zero-order valence-corrected chi connectivity index (χ0v) is 13.3. The van der Waals surface area contributed by atoms with Gasteiger partial charge in [0.05, 0.1) is 4.90 Å². The third-order valence-electron chi connectivity index (χ3n) is 3.32. The van der Waals surface area contributed by atoms with Crippen LogP contribution in [0.4, 0.5) is 0 Å². The molecule has 0 aliphatic heterocycles. The standard InChI is InChI=1S/C14H21NO5S/c1-4-11(5-2)15(3)21(18,19)13-8-6-12(7-9-13)20-10-14(16)17/h6-9,11H,4-5,10H2,1-3H3,(H,16,17). The predicted molar refractivity (Wildman–Crippen MR) is 78.9 cm³/mol. The van der Waals surface area contributed by atoms with Crippen LogP contribution in [0, 0.1) is 0 Å². The van der Waals surface area contributed by atoms with E-state index < -0.39 is 22.6 Å². The van der Waals surface area contributed by atoms with E-state index in [-0.39, 0.29) is 10.9 Å². The first-order valence-electron chi connectivity index (χ1n) is 6.75. The Morgan fingerprint density at radius 2 is 1.76 bits per heavy atom. The molecule has 0 saturated carbocycles. The molecule has 0 spiro atoms. The van der Waals surface area contributed by atoms with Gasteiger partial charge in [-0.05, 0) is 37.1 Å². The first kappa shape index (κ1) is 17.5. The second-order valence-corrected chi connectivity index (χ2v) is 6.64. The second-order valence-electron chi connectivity index (χ2n) is 4.65. The summed E-state index contributed by atoms with van der Waals surface area (Å²) >= 11 is 0. The molecule has 0 saturated heterocycles. The largest absolute Gasteiger partial charge is 0.482 e. The molecule has 118 valence electrons. The third-order valence-corrected chi connectivity index (χ3v) is 5.24. The Kier molecular flexibility index (Phi) is 6.17. The van der Waals surface area contributed by atoms with Gasteiger partial charge in [-0.2, -0.15) is 4.31 Å². The molecule has 21 heavy (non-hydrogen) atoms. The van der Waals surface area contributed by atoms with Crippen LogP contribution >= 0.6 is 0 Å². The molecular formula is C14H21NO5S. The van der Waals surface area contributed by atoms with Gasteiger partial charge in [0.1, 0.15) is 5.75 Å². The van der Waals surface area contributed by atoms with Crippen molar-refractivity contribution < 1.29 is 23.1 Å². The monoisotopic (exact) mass is 315 g/mol. The first-order valence-corrected chi connectivity index (χ1v) is 8.19. The lowest BCUT2D eigenvalue weighted by Gasteiger charge is -2.25. The fraction of sp³-hybridized carbons (Fsp3) is 0.500. The van der Waals surface area contributed by atoms with Gasteiger partial charge >= 0.3 is 5.97 Å². The van der Waals surface area contributed by atoms with E-state index >= 15 is 0 Å². The van der Waals surface area contributed by atoms with Crippen LogP contribution in [0.2, 0.25) is 0 Å². The Labute approximate surface area is 125 Å². The molecule has 1 aromatic rings. The molecule has 0 fully saturated rings. The minimum absolute atomic E-state index is 0.0436. The number of sulfonamides is 1. The van der Waals surface area contributed by atoms with Crippen molar-refractivity contribution in [3.05, 3.63) is 24.3 Å². The predicted octanol–water partition coefficient (Wildman–Crippen LogP) is 1.96. The second kappa shape index (κ2) is 7.42. The first-order chi connectivity index (χ1) is 9.82. The molecule has 7 heteroatoms. The number of carboxylic acids is 1.